The summed E-state index contributed by atoms with van der Waals surface area (Å²) in [5, 5.41) is 24.2. The molecule has 0 saturated heterocycles. The highest BCUT2D eigenvalue weighted by Crippen LogP contribution is 2.37. The van der Waals surface area contributed by atoms with E-state index in [0.29, 0.717) is 16.5 Å². The van der Waals surface area contributed by atoms with Crippen molar-refractivity contribution in [2.24, 2.45) is 0 Å². The molecule has 30 heavy (non-hydrogen) atoms. The minimum absolute atomic E-state index is 0.0977. The van der Waals surface area contributed by atoms with Crippen molar-refractivity contribution in [2.45, 2.75) is 37.5 Å². The van der Waals surface area contributed by atoms with Crippen molar-refractivity contribution < 1.29 is 13.6 Å². The van der Waals surface area contributed by atoms with E-state index in [-0.39, 0.29) is 29.2 Å². The number of thiophene rings is 1. The van der Waals surface area contributed by atoms with Gasteiger partial charge in [0.1, 0.15) is 16.9 Å². The number of rotatable bonds is 7. The Kier molecular flexibility index (Phi) is 6.30. The molecule has 0 atom stereocenters. The quantitative estimate of drug-likeness (QED) is 0.523. The summed E-state index contributed by atoms with van der Waals surface area (Å²) in [5.74, 6) is -0.0698. The van der Waals surface area contributed by atoms with Crippen LogP contribution in [-0.2, 0) is 24.2 Å². The number of fused-ring (bicyclic) bond motifs is 1. The zero-order valence-electron chi connectivity index (χ0n) is 15.9. The summed E-state index contributed by atoms with van der Waals surface area (Å²) in [6, 6.07) is 8.18. The van der Waals surface area contributed by atoms with E-state index in [1.54, 1.807) is 12.1 Å². The summed E-state index contributed by atoms with van der Waals surface area (Å²) in [7, 11) is 0. The highest BCUT2D eigenvalue weighted by atomic mass is 32.2. The molecule has 3 aromatic rings. The van der Waals surface area contributed by atoms with Gasteiger partial charge in [0, 0.05) is 10.6 Å². The molecular formula is C20H18FN5O2S2. The number of thioether (sulfide) groups is 1. The van der Waals surface area contributed by atoms with Gasteiger partial charge in [-0.2, -0.15) is 5.26 Å². The summed E-state index contributed by atoms with van der Waals surface area (Å²) in [4.78, 5) is 13.5. The van der Waals surface area contributed by atoms with Crippen molar-refractivity contribution in [3.8, 4) is 6.07 Å². The van der Waals surface area contributed by atoms with Gasteiger partial charge < -0.3 is 15.1 Å². The van der Waals surface area contributed by atoms with Crippen LogP contribution in [0.5, 0.6) is 0 Å². The van der Waals surface area contributed by atoms with Crippen molar-refractivity contribution in [3.05, 3.63) is 52.0 Å². The minimum atomic E-state index is -0.306. The molecule has 0 unspecified atom stereocenters. The molecule has 1 aromatic carbocycles. The Morgan fingerprint density at radius 2 is 2.07 bits per heavy atom. The molecule has 10 heteroatoms. The number of amides is 1. The number of hydrogen-bond acceptors (Lipinski definition) is 8. The maximum atomic E-state index is 12.9. The minimum Gasteiger partial charge on any atom is -0.414 e. The third-order valence-electron chi connectivity index (χ3n) is 4.60. The van der Waals surface area contributed by atoms with Gasteiger partial charge in [0.25, 0.3) is 5.22 Å². The van der Waals surface area contributed by atoms with Gasteiger partial charge in [0.05, 0.1) is 17.9 Å². The maximum Gasteiger partial charge on any atom is 0.277 e. The number of nitriles is 1. The highest BCUT2D eigenvalue weighted by Gasteiger charge is 2.22. The summed E-state index contributed by atoms with van der Waals surface area (Å²) in [6.45, 7) is 0.289. The van der Waals surface area contributed by atoms with Crippen LogP contribution in [0.3, 0.4) is 0 Å². The fraction of sp³-hybridized carbons (Fsp3) is 0.300. The number of carbonyl (C=O) groups excluding carboxylic acids is 1. The molecule has 0 fully saturated rings. The third-order valence-corrected chi connectivity index (χ3v) is 6.62. The summed E-state index contributed by atoms with van der Waals surface area (Å²) in [5.41, 5.74) is 2.42. The molecule has 0 radical (unpaired) electrons. The van der Waals surface area contributed by atoms with Crippen molar-refractivity contribution in [3.63, 3.8) is 0 Å². The number of nitrogens with zero attached hydrogens (tertiary/aromatic N) is 3. The van der Waals surface area contributed by atoms with Gasteiger partial charge in [-0.1, -0.05) is 11.8 Å². The molecule has 0 spiro atoms. The van der Waals surface area contributed by atoms with E-state index in [2.05, 4.69) is 26.9 Å². The Hall–Kier alpha value is -2.90. The third kappa shape index (κ3) is 4.80. The average Bonchev–Trinajstić information content (AvgIpc) is 3.35. The molecule has 2 heterocycles. The number of nitrogens with one attached hydrogen (secondary N) is 2. The van der Waals surface area contributed by atoms with Gasteiger partial charge in [-0.05, 0) is 55.5 Å². The first-order valence-corrected chi connectivity index (χ1v) is 11.2. The first-order chi connectivity index (χ1) is 14.6. The zero-order chi connectivity index (χ0) is 20.9. The van der Waals surface area contributed by atoms with Crippen LogP contribution < -0.4 is 10.6 Å². The fourth-order valence-electron chi connectivity index (χ4n) is 3.18. The van der Waals surface area contributed by atoms with E-state index in [0.717, 1.165) is 48.7 Å². The monoisotopic (exact) mass is 443 g/mol. The lowest BCUT2D eigenvalue weighted by molar-refractivity contribution is -0.113. The molecule has 7 nitrogen and oxygen atoms in total. The van der Waals surface area contributed by atoms with Gasteiger partial charge in [-0.3, -0.25) is 4.79 Å². The first kappa shape index (κ1) is 20.4. The van der Waals surface area contributed by atoms with Gasteiger partial charge in [-0.25, -0.2) is 4.39 Å². The number of benzene rings is 1. The van der Waals surface area contributed by atoms with Gasteiger partial charge >= 0.3 is 0 Å². The predicted octanol–water partition coefficient (Wildman–Crippen LogP) is 4.36. The Balaban J connectivity index is 1.29. The molecule has 0 saturated carbocycles. The number of hydrogen-bond donors (Lipinski definition) is 2. The van der Waals surface area contributed by atoms with Crippen LogP contribution in [-0.4, -0.2) is 21.9 Å². The van der Waals surface area contributed by atoms with Crippen LogP contribution in [0.15, 0.2) is 33.9 Å². The molecule has 0 aliphatic heterocycles. The van der Waals surface area contributed by atoms with Crippen LogP contribution in [0.4, 0.5) is 15.1 Å². The molecule has 2 N–H and O–H groups in total. The molecule has 1 aliphatic rings. The lowest BCUT2D eigenvalue weighted by atomic mass is 9.96. The van der Waals surface area contributed by atoms with E-state index in [1.807, 2.05) is 0 Å². The number of aromatic nitrogens is 2. The number of aryl methyl sites for hydroxylation is 1. The SMILES string of the molecule is N#Cc1c(NC(=O)CSc2nnc(CNc3ccc(F)cc3)o2)sc2c1CCCC2. The van der Waals surface area contributed by atoms with Gasteiger partial charge in [0.2, 0.25) is 11.8 Å². The maximum absolute atomic E-state index is 12.9. The largest absolute Gasteiger partial charge is 0.414 e. The Morgan fingerprint density at radius 3 is 2.87 bits per heavy atom. The van der Waals surface area contributed by atoms with E-state index >= 15 is 0 Å². The van der Waals surface area contributed by atoms with Crippen LogP contribution in [0.1, 0.15) is 34.7 Å². The second kappa shape index (κ2) is 9.28. The highest BCUT2D eigenvalue weighted by molar-refractivity contribution is 7.99. The Bertz CT molecular complexity index is 1090. The first-order valence-electron chi connectivity index (χ1n) is 9.41. The molecule has 1 aliphatic carbocycles. The van der Waals surface area contributed by atoms with E-state index in [4.69, 9.17) is 4.42 Å². The molecule has 4 rings (SSSR count). The number of anilines is 2. The van der Waals surface area contributed by atoms with E-state index in [9.17, 15) is 14.4 Å². The topological polar surface area (TPSA) is 104 Å². The molecular weight excluding hydrogens is 425 g/mol. The van der Waals surface area contributed by atoms with Gasteiger partial charge in [0.15, 0.2) is 0 Å². The second-order valence-electron chi connectivity index (χ2n) is 6.69. The second-order valence-corrected chi connectivity index (χ2v) is 8.72. The molecule has 1 amide bonds. The van der Waals surface area contributed by atoms with Crippen LogP contribution >= 0.6 is 23.1 Å². The van der Waals surface area contributed by atoms with Crippen LogP contribution in [0.2, 0.25) is 0 Å². The van der Waals surface area contributed by atoms with E-state index < -0.39 is 0 Å². The molecule has 2 aromatic heterocycles. The predicted molar refractivity (Wildman–Crippen MR) is 113 cm³/mol. The summed E-state index contributed by atoms with van der Waals surface area (Å²) < 4.78 is 18.4. The molecule has 154 valence electrons. The smallest absolute Gasteiger partial charge is 0.277 e. The lowest BCUT2D eigenvalue weighted by Crippen LogP contribution is -2.14. The zero-order valence-corrected chi connectivity index (χ0v) is 17.5. The normalized spacial score (nSPS) is 12.8. The Morgan fingerprint density at radius 1 is 1.27 bits per heavy atom. The number of halogens is 1. The van der Waals surface area contributed by atoms with Crippen molar-refractivity contribution >= 4 is 39.7 Å². The van der Waals surface area contributed by atoms with Crippen LogP contribution in [0.25, 0.3) is 0 Å². The van der Waals surface area contributed by atoms with Crippen LogP contribution in [0, 0.1) is 17.1 Å². The average molecular weight is 444 g/mol. The van der Waals surface area contributed by atoms with Crippen molar-refractivity contribution in [1.29, 1.82) is 5.26 Å². The number of carbonyl (C=O) groups is 1. The van der Waals surface area contributed by atoms with Crippen molar-refractivity contribution in [1.82, 2.24) is 10.2 Å². The summed E-state index contributed by atoms with van der Waals surface area (Å²) in [6.07, 6.45) is 4.07. The molecule has 0 bridgehead atoms. The van der Waals surface area contributed by atoms with Crippen molar-refractivity contribution in [2.75, 3.05) is 16.4 Å². The lowest BCUT2D eigenvalue weighted by Gasteiger charge is -2.09. The Labute approximate surface area is 180 Å². The summed E-state index contributed by atoms with van der Waals surface area (Å²) >= 11 is 2.63. The van der Waals surface area contributed by atoms with E-state index in [1.165, 1.54) is 28.3 Å². The fourth-order valence-corrected chi connectivity index (χ4v) is 5.01. The van der Waals surface area contributed by atoms with Gasteiger partial charge in [-0.15, -0.1) is 21.5 Å². The standard InChI is InChI=1S/C20H18FN5O2S2/c21-12-5-7-13(8-6-12)23-10-18-25-26-20(28-18)29-11-17(27)24-19-15(9-22)14-3-1-2-4-16(14)30-19/h5-8,23H,1-4,10-11H2,(H,24,27).